The van der Waals surface area contributed by atoms with E-state index in [-0.39, 0.29) is 71.3 Å². The molecule has 0 radical (unpaired) electrons. The lowest BCUT2D eigenvalue weighted by atomic mass is 9.56. The van der Waals surface area contributed by atoms with Crippen molar-refractivity contribution in [3.63, 3.8) is 0 Å². The highest BCUT2D eigenvalue weighted by atomic mass is 28.4. The summed E-state index contributed by atoms with van der Waals surface area (Å²) in [5.41, 5.74) is -0.151. The molecule has 1 aromatic heterocycles. The number of alkyl halides is 3. The van der Waals surface area contributed by atoms with E-state index in [1.54, 1.807) is 14.1 Å². The Morgan fingerprint density at radius 3 is 2.03 bits per heavy atom. The standard InChI is InChI=1S/C53H56F3N3O7Si/c1-51(2,3)67(6,7)66-52-36(44(58(4)5)47-41(49(52)62)50(57-65-47)64-29-32-21-15-10-16-22-32)26-33-25-35-39(45(60)37(33)48(52)61)46(63-28-31-19-13-9-14-20-31)40-38(42(35)53(54,55)56)34-23-24-59(43(34)40)27-30-17-11-8-12-18-30/h8-22,33-34,36,43-44,60H,23-29H2,1-7H3/t33-,34+,36-,43+,44-,52-/m0/s1. The lowest BCUT2D eigenvalue weighted by Gasteiger charge is -2.55. The van der Waals surface area contributed by atoms with E-state index in [0.29, 0.717) is 25.1 Å². The molecule has 67 heavy (non-hydrogen) atoms. The highest BCUT2D eigenvalue weighted by molar-refractivity contribution is 6.74. The number of hydrogen-bond acceptors (Lipinski definition) is 10. The topological polar surface area (TPSA) is 115 Å². The van der Waals surface area contributed by atoms with Crippen molar-refractivity contribution in [2.45, 2.75) is 108 Å². The van der Waals surface area contributed by atoms with Gasteiger partial charge in [0.25, 0.3) is 5.88 Å². The number of benzene rings is 4. The Bertz CT molecular complexity index is 2790. The van der Waals surface area contributed by atoms with E-state index in [1.807, 2.05) is 130 Å². The van der Waals surface area contributed by atoms with Crippen LogP contribution in [0.25, 0.3) is 5.76 Å². The van der Waals surface area contributed by atoms with Gasteiger partial charge >= 0.3 is 6.18 Å². The largest absolute Gasteiger partial charge is 0.507 e. The van der Waals surface area contributed by atoms with E-state index in [9.17, 15) is 5.11 Å². The zero-order valence-electron chi connectivity index (χ0n) is 38.9. The SMILES string of the molecule is CN(C)[C@@H]1c2onc(OCc3ccccc3)c2C(=O)[C@@]2(O[Si](C)(C)C(C)(C)C)C(=O)C3=C(O)c4c(c(C(F)(F)F)c5c(c4OCc4ccccc4)[C@H]4[C@@H]5CCN4Cc4ccccc4)C[C@H]3C[C@@H]12. The van der Waals surface area contributed by atoms with E-state index in [2.05, 4.69) is 10.1 Å². The van der Waals surface area contributed by atoms with Crippen LogP contribution < -0.4 is 9.47 Å². The number of carbonyl (C=O) groups is 2. The van der Waals surface area contributed by atoms with Crippen molar-refractivity contribution >= 4 is 25.6 Å². The van der Waals surface area contributed by atoms with Crippen molar-refractivity contribution < 1.29 is 46.3 Å². The van der Waals surface area contributed by atoms with Crippen LogP contribution in [0.15, 0.2) is 101 Å². The molecule has 2 fully saturated rings. The Morgan fingerprint density at radius 1 is 0.851 bits per heavy atom. The van der Waals surface area contributed by atoms with Gasteiger partial charge in [0.15, 0.2) is 19.7 Å². The summed E-state index contributed by atoms with van der Waals surface area (Å²) >= 11 is 0. The molecular weight excluding hydrogens is 876 g/mol. The van der Waals surface area contributed by atoms with Gasteiger partial charge in [-0.25, -0.2) is 0 Å². The first kappa shape index (κ1) is 45.2. The molecule has 10 rings (SSSR count). The summed E-state index contributed by atoms with van der Waals surface area (Å²) in [6.07, 6.45) is -4.46. The second kappa shape index (κ2) is 16.3. The average molecular weight is 932 g/mol. The van der Waals surface area contributed by atoms with Crippen molar-refractivity contribution in [1.82, 2.24) is 15.0 Å². The molecule has 1 aliphatic heterocycles. The summed E-state index contributed by atoms with van der Waals surface area (Å²) in [6.45, 7) is 11.1. The van der Waals surface area contributed by atoms with Crippen molar-refractivity contribution in [3.8, 4) is 11.6 Å². The zero-order valence-corrected chi connectivity index (χ0v) is 39.9. The Balaban J connectivity index is 1.18. The minimum absolute atomic E-state index is 0.00661. The van der Waals surface area contributed by atoms with Crippen LogP contribution in [0.5, 0.6) is 11.6 Å². The van der Waals surface area contributed by atoms with Gasteiger partial charge in [-0.05, 0) is 96.9 Å². The first-order chi connectivity index (χ1) is 31.8. The summed E-state index contributed by atoms with van der Waals surface area (Å²) in [5, 5.41) is 16.8. The molecule has 10 nitrogen and oxygen atoms in total. The molecule has 350 valence electrons. The maximum Gasteiger partial charge on any atom is 0.416 e. The van der Waals surface area contributed by atoms with Gasteiger partial charge in [-0.15, -0.1) is 0 Å². The molecular formula is C53H56F3N3O7Si. The number of aliphatic hydroxyl groups excluding tert-OH is 1. The molecule has 1 saturated heterocycles. The molecule has 4 aliphatic carbocycles. The Morgan fingerprint density at radius 2 is 1.45 bits per heavy atom. The number of likely N-dealkylation sites (tertiary alicyclic amines) is 1. The Kier molecular flexibility index (Phi) is 11.0. The van der Waals surface area contributed by atoms with Crippen LogP contribution in [0.3, 0.4) is 0 Å². The fourth-order valence-corrected chi connectivity index (χ4v) is 12.9. The molecule has 0 amide bonds. The van der Waals surface area contributed by atoms with E-state index >= 15 is 22.8 Å². The number of carbonyl (C=O) groups excluding carboxylic acids is 2. The van der Waals surface area contributed by atoms with Crippen LogP contribution in [0, 0.1) is 11.8 Å². The van der Waals surface area contributed by atoms with Crippen molar-refractivity contribution in [2.24, 2.45) is 11.8 Å². The third kappa shape index (κ3) is 7.19. The van der Waals surface area contributed by atoms with Crippen LogP contribution in [-0.2, 0) is 41.6 Å². The summed E-state index contributed by atoms with van der Waals surface area (Å²) in [7, 11) is 0.511. The number of aliphatic hydroxyl groups is 1. The first-order valence-electron chi connectivity index (χ1n) is 23.1. The predicted octanol–water partition coefficient (Wildman–Crippen LogP) is 11.2. The number of rotatable bonds is 11. The van der Waals surface area contributed by atoms with Gasteiger partial charge in [-0.2, -0.15) is 13.2 Å². The van der Waals surface area contributed by atoms with Gasteiger partial charge in [-0.1, -0.05) is 112 Å². The van der Waals surface area contributed by atoms with Gasteiger partial charge in [0, 0.05) is 35.6 Å². The van der Waals surface area contributed by atoms with Gasteiger partial charge in [0.05, 0.1) is 17.2 Å². The van der Waals surface area contributed by atoms with Gasteiger partial charge in [0.1, 0.15) is 30.3 Å². The smallest absolute Gasteiger partial charge is 0.416 e. The number of ketones is 2. The predicted molar refractivity (Wildman–Crippen MR) is 248 cm³/mol. The van der Waals surface area contributed by atoms with Gasteiger partial charge < -0.3 is 23.5 Å². The first-order valence-corrected chi connectivity index (χ1v) is 26.0. The van der Waals surface area contributed by atoms with Crippen molar-refractivity contribution in [2.75, 3.05) is 20.6 Å². The Labute approximate surface area is 389 Å². The normalized spacial score (nSPS) is 24.6. The van der Waals surface area contributed by atoms with Crippen LogP contribution >= 0.6 is 0 Å². The number of nitrogens with zero attached hydrogens (tertiary/aromatic N) is 3. The number of hydrogen-bond donors (Lipinski definition) is 1. The van der Waals surface area contributed by atoms with Crippen LogP contribution in [0.1, 0.15) is 112 Å². The second-order valence-corrected chi connectivity index (χ2v) is 25.3. The average Bonchev–Trinajstić information content (AvgIpc) is 3.85. The molecule has 0 bridgehead atoms. The molecule has 14 heteroatoms. The fraction of sp³-hybridized carbons (Fsp3) is 0.415. The maximum absolute atomic E-state index is 16.2. The van der Waals surface area contributed by atoms with E-state index in [0.717, 1.165) is 16.7 Å². The number of halogens is 3. The second-order valence-electron chi connectivity index (χ2n) is 20.6. The summed E-state index contributed by atoms with van der Waals surface area (Å²) < 4.78 is 74.3. The van der Waals surface area contributed by atoms with E-state index < -0.39 is 77.9 Å². The van der Waals surface area contributed by atoms with Crippen molar-refractivity contribution in [3.05, 3.63) is 152 Å². The summed E-state index contributed by atoms with van der Waals surface area (Å²) in [5.74, 6) is -4.10. The zero-order chi connectivity index (χ0) is 47.4. The molecule has 5 aromatic rings. The molecule has 4 aromatic carbocycles. The quantitative estimate of drug-likeness (QED) is 0.101. The van der Waals surface area contributed by atoms with Crippen LogP contribution in [0.2, 0.25) is 18.1 Å². The number of aromatic nitrogens is 1. The molecule has 0 unspecified atom stereocenters. The fourth-order valence-electron chi connectivity index (χ4n) is 11.4. The molecule has 5 aliphatic rings. The van der Waals surface area contributed by atoms with E-state index in [1.165, 1.54) is 0 Å². The summed E-state index contributed by atoms with van der Waals surface area (Å²) in [6, 6.07) is 27.3. The van der Waals surface area contributed by atoms with E-state index in [4.69, 9.17) is 18.4 Å². The van der Waals surface area contributed by atoms with Crippen LogP contribution in [0.4, 0.5) is 13.2 Å². The van der Waals surface area contributed by atoms with Gasteiger partial charge in [-0.3, -0.25) is 19.4 Å². The van der Waals surface area contributed by atoms with Crippen molar-refractivity contribution in [1.29, 1.82) is 0 Å². The molecule has 1 saturated carbocycles. The molecule has 1 N–H and O–H groups in total. The summed E-state index contributed by atoms with van der Waals surface area (Å²) in [4.78, 5) is 36.0. The third-order valence-corrected chi connectivity index (χ3v) is 19.9. The number of fused-ring (bicyclic) bond motifs is 8. The van der Waals surface area contributed by atoms with Gasteiger partial charge in [0.2, 0.25) is 11.6 Å². The minimum Gasteiger partial charge on any atom is -0.507 e. The minimum atomic E-state index is -4.80. The third-order valence-electron chi connectivity index (χ3n) is 15.4. The monoisotopic (exact) mass is 931 g/mol. The number of ether oxygens (including phenoxy) is 2. The highest BCUT2D eigenvalue weighted by Crippen LogP contribution is 2.66. The lowest BCUT2D eigenvalue weighted by molar-refractivity contribution is -0.141. The molecule has 6 atom stereocenters. The Hall–Kier alpha value is -5.54. The number of Topliss-reactive ketones (excluding diaryl/α,β-unsaturated/α-hetero) is 2. The molecule has 0 spiro atoms. The lowest BCUT2D eigenvalue weighted by Crippen LogP contribution is -2.68. The molecule has 2 heterocycles. The highest BCUT2D eigenvalue weighted by Gasteiger charge is 2.69. The maximum atomic E-state index is 16.2. The van der Waals surface area contributed by atoms with Crippen LogP contribution in [-0.4, -0.2) is 66.2 Å².